The van der Waals surface area contributed by atoms with Crippen LogP contribution in [0.1, 0.15) is 0 Å². The fraction of sp³-hybridized carbons (Fsp3) is 0. The Hall–Kier alpha value is -2.39. The van der Waals surface area contributed by atoms with Gasteiger partial charge in [-0.05, 0) is 36.4 Å². The van der Waals surface area contributed by atoms with E-state index in [1.165, 1.54) is 0 Å². The third-order valence-corrected chi connectivity index (χ3v) is 3.37. The van der Waals surface area contributed by atoms with Crippen molar-refractivity contribution >= 4 is 39.4 Å². The molecule has 0 radical (unpaired) electrons. The van der Waals surface area contributed by atoms with E-state index in [4.69, 9.17) is 17.3 Å². The molecule has 3 aromatic carbocycles. The van der Waals surface area contributed by atoms with Crippen molar-refractivity contribution < 1.29 is 5.11 Å². The van der Waals surface area contributed by atoms with Crippen LogP contribution >= 0.6 is 11.6 Å². The Balaban J connectivity index is 2.10. The van der Waals surface area contributed by atoms with Crippen LogP contribution in [0.5, 0.6) is 5.75 Å². The third kappa shape index (κ3) is 2.36. The van der Waals surface area contributed by atoms with E-state index in [1.807, 2.05) is 36.4 Å². The van der Waals surface area contributed by atoms with Gasteiger partial charge in [-0.3, -0.25) is 0 Å². The summed E-state index contributed by atoms with van der Waals surface area (Å²) in [5.41, 5.74) is 8.39. The molecule has 0 unspecified atom stereocenters. The molecule has 3 rings (SSSR count). The maximum Gasteiger partial charge on any atom is 0.117 e. The largest absolute Gasteiger partial charge is 0.508 e. The Bertz CT molecular complexity index is 787. The molecule has 0 atom stereocenters. The van der Waals surface area contributed by atoms with E-state index in [2.05, 4.69) is 5.32 Å². The second-order valence-electron chi connectivity index (χ2n) is 4.57. The normalized spacial score (nSPS) is 10.7. The number of rotatable bonds is 2. The number of phenolic OH excluding ortho intramolecular Hbond substituents is 1. The summed E-state index contributed by atoms with van der Waals surface area (Å²) in [4.78, 5) is 0. The number of fused-ring (bicyclic) bond motifs is 1. The van der Waals surface area contributed by atoms with Gasteiger partial charge in [0.05, 0.1) is 0 Å². The van der Waals surface area contributed by atoms with E-state index in [0.717, 1.165) is 22.1 Å². The molecule has 0 saturated heterocycles. The van der Waals surface area contributed by atoms with Gasteiger partial charge < -0.3 is 16.2 Å². The molecule has 4 N–H and O–H groups in total. The summed E-state index contributed by atoms with van der Waals surface area (Å²) in [5, 5.41) is 15.3. The number of hydrogen-bond donors (Lipinski definition) is 3. The fourth-order valence-corrected chi connectivity index (χ4v) is 2.36. The highest BCUT2D eigenvalue weighted by Gasteiger charge is 2.05. The standard InChI is InChI=1S/C16H13ClN2O/c17-10-4-5-13-14(8-10)15(18)6-7-16(13)19-11-2-1-3-12(20)9-11/h1-9,19-20H,18H2. The number of nitrogen functional groups attached to an aromatic ring is 1. The van der Waals surface area contributed by atoms with Crippen molar-refractivity contribution in [2.45, 2.75) is 0 Å². The van der Waals surface area contributed by atoms with Gasteiger partial charge in [0, 0.05) is 38.9 Å². The molecule has 0 aliphatic rings. The quantitative estimate of drug-likeness (QED) is 0.606. The molecule has 0 spiro atoms. The number of phenols is 1. The van der Waals surface area contributed by atoms with Gasteiger partial charge in [-0.25, -0.2) is 0 Å². The van der Waals surface area contributed by atoms with Gasteiger partial charge in [0.2, 0.25) is 0 Å². The predicted molar refractivity (Wildman–Crippen MR) is 84.8 cm³/mol. The summed E-state index contributed by atoms with van der Waals surface area (Å²) in [6.07, 6.45) is 0. The summed E-state index contributed by atoms with van der Waals surface area (Å²) in [5.74, 6) is 0.220. The van der Waals surface area contributed by atoms with Crippen molar-refractivity contribution in [2.75, 3.05) is 11.1 Å². The minimum Gasteiger partial charge on any atom is -0.508 e. The molecule has 100 valence electrons. The van der Waals surface area contributed by atoms with Crippen LogP contribution in [0.25, 0.3) is 10.8 Å². The van der Waals surface area contributed by atoms with Crippen molar-refractivity contribution in [3.8, 4) is 5.75 Å². The lowest BCUT2D eigenvalue weighted by atomic mass is 10.1. The van der Waals surface area contributed by atoms with E-state index >= 15 is 0 Å². The molecular weight excluding hydrogens is 272 g/mol. The molecule has 3 aromatic rings. The molecular formula is C16H13ClN2O. The summed E-state index contributed by atoms with van der Waals surface area (Å²) in [7, 11) is 0. The zero-order valence-corrected chi connectivity index (χ0v) is 11.4. The van der Waals surface area contributed by atoms with Crippen molar-refractivity contribution in [1.82, 2.24) is 0 Å². The van der Waals surface area contributed by atoms with E-state index < -0.39 is 0 Å². The van der Waals surface area contributed by atoms with E-state index in [-0.39, 0.29) is 5.75 Å². The van der Waals surface area contributed by atoms with Gasteiger partial charge in [-0.15, -0.1) is 0 Å². The Morgan fingerprint density at radius 1 is 0.950 bits per heavy atom. The molecule has 3 nitrogen and oxygen atoms in total. The summed E-state index contributed by atoms with van der Waals surface area (Å²) in [6, 6.07) is 16.3. The van der Waals surface area contributed by atoms with Gasteiger partial charge >= 0.3 is 0 Å². The molecule has 20 heavy (non-hydrogen) atoms. The van der Waals surface area contributed by atoms with Crippen LogP contribution in [0.4, 0.5) is 17.1 Å². The SMILES string of the molecule is Nc1ccc(Nc2cccc(O)c2)c2ccc(Cl)cc12. The first-order chi connectivity index (χ1) is 9.63. The molecule has 0 heterocycles. The monoisotopic (exact) mass is 284 g/mol. The molecule has 0 aliphatic heterocycles. The lowest BCUT2D eigenvalue weighted by molar-refractivity contribution is 0.475. The summed E-state index contributed by atoms with van der Waals surface area (Å²) < 4.78 is 0. The van der Waals surface area contributed by atoms with E-state index in [1.54, 1.807) is 18.2 Å². The average Bonchev–Trinajstić information content (AvgIpc) is 2.42. The molecule has 0 aliphatic carbocycles. The van der Waals surface area contributed by atoms with Crippen LogP contribution in [-0.2, 0) is 0 Å². The van der Waals surface area contributed by atoms with Gasteiger partial charge in [0.15, 0.2) is 0 Å². The topological polar surface area (TPSA) is 58.3 Å². The van der Waals surface area contributed by atoms with Gasteiger partial charge in [0.25, 0.3) is 0 Å². The van der Waals surface area contributed by atoms with Crippen LogP contribution in [0.2, 0.25) is 5.02 Å². The van der Waals surface area contributed by atoms with Crippen molar-refractivity contribution in [3.05, 3.63) is 59.6 Å². The highest BCUT2D eigenvalue weighted by molar-refractivity contribution is 6.31. The van der Waals surface area contributed by atoms with Crippen molar-refractivity contribution in [3.63, 3.8) is 0 Å². The van der Waals surface area contributed by atoms with Crippen LogP contribution in [0, 0.1) is 0 Å². The lowest BCUT2D eigenvalue weighted by Gasteiger charge is -2.12. The Morgan fingerprint density at radius 2 is 1.80 bits per heavy atom. The molecule has 0 aromatic heterocycles. The fourth-order valence-electron chi connectivity index (χ4n) is 2.19. The van der Waals surface area contributed by atoms with E-state index in [0.29, 0.717) is 10.7 Å². The first kappa shape index (κ1) is 12.6. The second-order valence-corrected chi connectivity index (χ2v) is 5.00. The van der Waals surface area contributed by atoms with Crippen LogP contribution in [0.15, 0.2) is 54.6 Å². The molecule has 4 heteroatoms. The molecule has 0 bridgehead atoms. The zero-order valence-electron chi connectivity index (χ0n) is 10.6. The van der Waals surface area contributed by atoms with E-state index in [9.17, 15) is 5.11 Å². The number of hydrogen-bond acceptors (Lipinski definition) is 3. The highest BCUT2D eigenvalue weighted by atomic mass is 35.5. The Morgan fingerprint density at radius 3 is 2.60 bits per heavy atom. The number of anilines is 3. The number of benzene rings is 3. The molecule has 0 fully saturated rings. The Kier molecular flexibility index (Phi) is 3.12. The zero-order chi connectivity index (χ0) is 14.1. The number of aromatic hydroxyl groups is 1. The number of halogens is 1. The first-order valence-electron chi connectivity index (χ1n) is 6.17. The van der Waals surface area contributed by atoms with Crippen LogP contribution in [-0.4, -0.2) is 5.11 Å². The first-order valence-corrected chi connectivity index (χ1v) is 6.55. The minimum absolute atomic E-state index is 0.220. The maximum atomic E-state index is 9.51. The maximum absolute atomic E-state index is 9.51. The predicted octanol–water partition coefficient (Wildman–Crippen LogP) is 4.52. The lowest BCUT2D eigenvalue weighted by Crippen LogP contribution is -1.94. The minimum atomic E-state index is 0.220. The number of nitrogens with two attached hydrogens (primary N) is 1. The average molecular weight is 285 g/mol. The Labute approximate surface area is 121 Å². The molecule has 0 amide bonds. The van der Waals surface area contributed by atoms with Gasteiger partial charge in [-0.1, -0.05) is 23.7 Å². The van der Waals surface area contributed by atoms with Crippen LogP contribution in [0.3, 0.4) is 0 Å². The number of nitrogens with one attached hydrogen (secondary N) is 1. The highest BCUT2D eigenvalue weighted by Crippen LogP contribution is 2.32. The summed E-state index contributed by atoms with van der Waals surface area (Å²) >= 11 is 6.01. The van der Waals surface area contributed by atoms with Gasteiger partial charge in [-0.2, -0.15) is 0 Å². The summed E-state index contributed by atoms with van der Waals surface area (Å²) in [6.45, 7) is 0. The smallest absolute Gasteiger partial charge is 0.117 e. The third-order valence-electron chi connectivity index (χ3n) is 3.14. The molecule has 0 saturated carbocycles. The van der Waals surface area contributed by atoms with Crippen LogP contribution < -0.4 is 11.1 Å². The van der Waals surface area contributed by atoms with Crippen molar-refractivity contribution in [1.29, 1.82) is 0 Å². The van der Waals surface area contributed by atoms with Crippen molar-refractivity contribution in [2.24, 2.45) is 0 Å². The second kappa shape index (κ2) is 4.94. The van der Waals surface area contributed by atoms with Gasteiger partial charge in [0.1, 0.15) is 5.75 Å².